The van der Waals surface area contributed by atoms with Crippen molar-refractivity contribution in [3.8, 4) is 0 Å². The molecule has 0 aliphatic rings. The quantitative estimate of drug-likeness (QED) is 0.856. The van der Waals surface area contributed by atoms with Gasteiger partial charge in [0.25, 0.3) is 0 Å². The predicted molar refractivity (Wildman–Crippen MR) is 78.1 cm³/mol. The Labute approximate surface area is 117 Å². The summed E-state index contributed by atoms with van der Waals surface area (Å²) in [5.74, 6) is 0.861. The molecule has 0 fully saturated rings. The molecule has 0 unspecified atom stereocenters. The van der Waals surface area contributed by atoms with E-state index in [1.807, 2.05) is 0 Å². The van der Waals surface area contributed by atoms with E-state index in [4.69, 9.17) is 11.6 Å². The summed E-state index contributed by atoms with van der Waals surface area (Å²) in [6, 6.07) is 5.15. The van der Waals surface area contributed by atoms with Gasteiger partial charge < -0.3 is 4.98 Å². The first kappa shape index (κ1) is 14.1. The normalized spacial score (nSPS) is 12.8. The Hall–Kier alpha value is -1.27. The van der Waals surface area contributed by atoms with E-state index in [9.17, 15) is 8.42 Å². The molecule has 1 heterocycles. The highest BCUT2D eigenvalue weighted by Crippen LogP contribution is 2.24. The van der Waals surface area contributed by atoms with E-state index in [1.54, 1.807) is 18.2 Å². The van der Waals surface area contributed by atoms with Crippen LogP contribution in [0.15, 0.2) is 18.2 Å². The van der Waals surface area contributed by atoms with Gasteiger partial charge in [-0.2, -0.15) is 0 Å². The zero-order valence-corrected chi connectivity index (χ0v) is 12.6. The van der Waals surface area contributed by atoms with Crippen LogP contribution in [0.2, 0.25) is 0 Å². The summed E-state index contributed by atoms with van der Waals surface area (Å²) in [6.45, 7) is 6.17. The lowest BCUT2D eigenvalue weighted by Gasteiger charge is -2.13. The number of alkyl halides is 1. The Morgan fingerprint density at radius 2 is 2.05 bits per heavy atom. The average Bonchev–Trinajstić information content (AvgIpc) is 2.71. The Morgan fingerprint density at radius 1 is 1.37 bits per heavy atom. The third-order valence-corrected chi connectivity index (χ3v) is 4.31. The molecule has 0 radical (unpaired) electrons. The summed E-state index contributed by atoms with van der Waals surface area (Å²) in [6.07, 6.45) is 0. The van der Waals surface area contributed by atoms with Gasteiger partial charge in [-0.15, -0.1) is 11.6 Å². The van der Waals surface area contributed by atoms with Gasteiger partial charge in [0.15, 0.2) is 0 Å². The maximum absolute atomic E-state index is 11.4. The SMILES string of the molecule is CC(C)(C)c1nc2ccc(NS(=O)(=O)CCl)cc2[nH]1. The average molecular weight is 302 g/mol. The van der Waals surface area contributed by atoms with Crippen LogP contribution in [-0.4, -0.2) is 23.6 Å². The zero-order chi connectivity index (χ0) is 14.3. The fourth-order valence-corrected chi connectivity index (χ4v) is 2.34. The number of H-pyrrole nitrogens is 1. The van der Waals surface area contributed by atoms with Crippen molar-refractivity contribution < 1.29 is 8.42 Å². The summed E-state index contributed by atoms with van der Waals surface area (Å²) in [5.41, 5.74) is 1.98. The molecular formula is C12H16ClN3O2S. The lowest BCUT2D eigenvalue weighted by atomic mass is 9.96. The van der Waals surface area contributed by atoms with E-state index >= 15 is 0 Å². The summed E-state index contributed by atoms with van der Waals surface area (Å²) >= 11 is 5.35. The van der Waals surface area contributed by atoms with E-state index in [-0.39, 0.29) is 5.41 Å². The number of rotatable bonds is 3. The van der Waals surface area contributed by atoms with Crippen molar-refractivity contribution in [2.45, 2.75) is 26.2 Å². The summed E-state index contributed by atoms with van der Waals surface area (Å²) in [7, 11) is -3.48. The lowest BCUT2D eigenvalue weighted by molar-refractivity contribution is 0.554. The Kier molecular flexibility index (Phi) is 3.49. The molecule has 1 aromatic carbocycles. The topological polar surface area (TPSA) is 74.8 Å². The molecule has 0 atom stereocenters. The first-order chi connectivity index (χ1) is 8.71. The van der Waals surface area contributed by atoms with Crippen LogP contribution in [0.3, 0.4) is 0 Å². The van der Waals surface area contributed by atoms with Gasteiger partial charge in [0.05, 0.1) is 16.7 Å². The maximum Gasteiger partial charge on any atom is 0.246 e. The number of halogens is 1. The van der Waals surface area contributed by atoms with Crippen molar-refractivity contribution in [1.82, 2.24) is 9.97 Å². The van der Waals surface area contributed by atoms with Gasteiger partial charge in [-0.3, -0.25) is 4.72 Å². The van der Waals surface area contributed by atoms with Crippen LogP contribution in [0.1, 0.15) is 26.6 Å². The van der Waals surface area contributed by atoms with E-state index in [1.165, 1.54) is 0 Å². The van der Waals surface area contributed by atoms with Crippen molar-refractivity contribution in [3.05, 3.63) is 24.0 Å². The molecule has 2 aromatic rings. The second-order valence-electron chi connectivity index (χ2n) is 5.39. The number of hydrogen-bond acceptors (Lipinski definition) is 3. The molecule has 0 saturated heterocycles. The van der Waals surface area contributed by atoms with Crippen LogP contribution in [0.5, 0.6) is 0 Å². The van der Waals surface area contributed by atoms with Gasteiger partial charge in [-0.25, -0.2) is 13.4 Å². The summed E-state index contributed by atoms with van der Waals surface area (Å²) in [5, 5.41) is -0.471. The molecule has 0 amide bonds. The molecule has 0 aliphatic heterocycles. The minimum Gasteiger partial charge on any atom is -0.341 e. The molecule has 19 heavy (non-hydrogen) atoms. The number of nitrogens with one attached hydrogen (secondary N) is 2. The Bertz CT molecular complexity index is 701. The lowest BCUT2D eigenvalue weighted by Crippen LogP contribution is -2.13. The standard InChI is InChI=1S/C12H16ClN3O2S/c1-12(2,3)11-14-9-5-4-8(6-10(9)15-11)16-19(17,18)7-13/h4-6,16H,7H2,1-3H3,(H,14,15). The fraction of sp³-hybridized carbons (Fsp3) is 0.417. The van der Waals surface area contributed by atoms with Crippen molar-refractivity contribution in [3.63, 3.8) is 0 Å². The number of nitrogens with zero attached hydrogens (tertiary/aromatic N) is 1. The fourth-order valence-electron chi connectivity index (χ4n) is 1.64. The highest BCUT2D eigenvalue weighted by molar-refractivity contribution is 7.93. The van der Waals surface area contributed by atoms with Crippen molar-refractivity contribution >= 4 is 38.3 Å². The highest BCUT2D eigenvalue weighted by atomic mass is 35.5. The molecule has 2 N–H and O–H groups in total. The summed E-state index contributed by atoms with van der Waals surface area (Å²) in [4.78, 5) is 7.68. The van der Waals surface area contributed by atoms with E-state index in [2.05, 4.69) is 35.5 Å². The number of fused-ring (bicyclic) bond motifs is 1. The Morgan fingerprint density at radius 3 is 2.63 bits per heavy atom. The second kappa shape index (κ2) is 4.68. The first-order valence-electron chi connectivity index (χ1n) is 5.78. The monoisotopic (exact) mass is 301 g/mol. The largest absolute Gasteiger partial charge is 0.341 e. The third-order valence-electron chi connectivity index (χ3n) is 2.61. The van der Waals surface area contributed by atoms with Crippen molar-refractivity contribution in [2.24, 2.45) is 0 Å². The smallest absolute Gasteiger partial charge is 0.246 e. The molecule has 0 bridgehead atoms. The third kappa shape index (κ3) is 3.19. The molecule has 2 rings (SSSR count). The molecule has 1 aromatic heterocycles. The Balaban J connectivity index is 2.41. The number of aromatic nitrogens is 2. The molecule has 0 saturated carbocycles. The van der Waals surface area contributed by atoms with Crippen molar-refractivity contribution in [1.29, 1.82) is 0 Å². The zero-order valence-electron chi connectivity index (χ0n) is 11.0. The molecular weight excluding hydrogens is 286 g/mol. The predicted octanol–water partition coefficient (Wildman–Crippen LogP) is 2.80. The van der Waals surface area contributed by atoms with Gasteiger partial charge in [0.1, 0.15) is 11.0 Å². The molecule has 104 valence electrons. The van der Waals surface area contributed by atoms with Gasteiger partial charge in [-0.05, 0) is 18.2 Å². The van der Waals surface area contributed by atoms with Crippen LogP contribution in [0.25, 0.3) is 11.0 Å². The second-order valence-corrected chi connectivity index (χ2v) is 7.70. The van der Waals surface area contributed by atoms with Crippen molar-refractivity contribution in [2.75, 3.05) is 9.93 Å². The number of imidazole rings is 1. The molecule has 7 heteroatoms. The van der Waals surface area contributed by atoms with E-state index in [0.717, 1.165) is 16.9 Å². The number of aromatic amines is 1. The van der Waals surface area contributed by atoms with Gasteiger partial charge >= 0.3 is 0 Å². The number of anilines is 1. The van der Waals surface area contributed by atoms with Gasteiger partial charge in [0, 0.05) is 5.41 Å². The van der Waals surface area contributed by atoms with Crippen LogP contribution < -0.4 is 4.72 Å². The van der Waals surface area contributed by atoms with Crippen LogP contribution in [0, 0.1) is 0 Å². The maximum atomic E-state index is 11.4. The molecule has 0 spiro atoms. The van der Waals surface area contributed by atoms with E-state index in [0.29, 0.717) is 5.69 Å². The van der Waals surface area contributed by atoms with Gasteiger partial charge in [-0.1, -0.05) is 20.8 Å². The minimum absolute atomic E-state index is 0.0885. The number of hydrogen-bond donors (Lipinski definition) is 2. The highest BCUT2D eigenvalue weighted by Gasteiger charge is 2.18. The van der Waals surface area contributed by atoms with Crippen LogP contribution in [-0.2, 0) is 15.4 Å². The number of sulfonamides is 1. The van der Waals surface area contributed by atoms with Crippen LogP contribution in [0.4, 0.5) is 5.69 Å². The minimum atomic E-state index is -3.48. The van der Waals surface area contributed by atoms with E-state index < -0.39 is 15.2 Å². The molecule has 5 nitrogen and oxygen atoms in total. The van der Waals surface area contributed by atoms with Crippen LogP contribution >= 0.6 is 11.6 Å². The molecule has 0 aliphatic carbocycles. The number of benzene rings is 1. The van der Waals surface area contributed by atoms with Gasteiger partial charge in [0.2, 0.25) is 10.0 Å². The first-order valence-corrected chi connectivity index (χ1v) is 7.97. The summed E-state index contributed by atoms with van der Waals surface area (Å²) < 4.78 is 25.2.